The fourth-order valence-corrected chi connectivity index (χ4v) is 3.99. The van der Waals surface area contributed by atoms with Crippen LogP contribution in [0, 0.1) is 0 Å². The Morgan fingerprint density at radius 2 is 2.00 bits per heavy atom. The third-order valence-corrected chi connectivity index (χ3v) is 5.36. The summed E-state index contributed by atoms with van der Waals surface area (Å²) in [6.07, 6.45) is 2.18. The minimum atomic E-state index is -2.75. The Bertz CT molecular complexity index is 1000. The first-order valence-electron chi connectivity index (χ1n) is 9.59. The van der Waals surface area contributed by atoms with Gasteiger partial charge in [0, 0.05) is 18.8 Å². The fraction of sp³-hybridized carbons (Fsp3) is 0.381. The van der Waals surface area contributed by atoms with Crippen LogP contribution in [-0.4, -0.2) is 38.0 Å². The Morgan fingerprint density at radius 1 is 1.21 bits per heavy atom. The lowest BCUT2D eigenvalue weighted by molar-refractivity contribution is 0.0660. The van der Waals surface area contributed by atoms with Gasteiger partial charge >= 0.3 is 0 Å². The number of nitrogens with zero attached hydrogens (tertiary/aromatic N) is 4. The van der Waals surface area contributed by atoms with Crippen molar-refractivity contribution in [2.45, 2.75) is 45.1 Å². The highest BCUT2D eigenvalue weighted by Gasteiger charge is 2.28. The van der Waals surface area contributed by atoms with Gasteiger partial charge in [0.15, 0.2) is 5.65 Å². The number of hydrogen-bond acceptors (Lipinski definition) is 3. The van der Waals surface area contributed by atoms with Crippen LogP contribution in [-0.2, 0) is 12.8 Å². The third-order valence-electron chi connectivity index (χ3n) is 5.36. The van der Waals surface area contributed by atoms with Crippen LogP contribution in [0.2, 0.25) is 0 Å². The van der Waals surface area contributed by atoms with E-state index in [4.69, 9.17) is 0 Å². The summed E-state index contributed by atoms with van der Waals surface area (Å²) in [6, 6.07) is 11.6. The number of carbonyl (C=O) groups is 1. The van der Waals surface area contributed by atoms with E-state index < -0.39 is 12.2 Å². The van der Waals surface area contributed by atoms with E-state index in [2.05, 4.69) is 22.3 Å². The Morgan fingerprint density at radius 3 is 2.75 bits per heavy atom. The quantitative estimate of drug-likeness (QED) is 0.666. The van der Waals surface area contributed by atoms with Gasteiger partial charge in [0.1, 0.15) is 0 Å². The van der Waals surface area contributed by atoms with Gasteiger partial charge in [-0.1, -0.05) is 31.2 Å². The zero-order valence-corrected chi connectivity index (χ0v) is 15.7. The van der Waals surface area contributed by atoms with Crippen LogP contribution in [0.5, 0.6) is 0 Å². The molecule has 0 N–H and O–H groups in total. The molecular weight excluding hydrogens is 362 g/mol. The predicted molar refractivity (Wildman–Crippen MR) is 102 cm³/mol. The van der Waals surface area contributed by atoms with E-state index in [9.17, 15) is 13.6 Å². The summed E-state index contributed by atoms with van der Waals surface area (Å²) in [6.45, 7) is 2.67. The fourth-order valence-electron chi connectivity index (χ4n) is 3.99. The normalized spacial score (nSPS) is 16.4. The summed E-state index contributed by atoms with van der Waals surface area (Å²) in [5, 5.41) is 7.27. The molecule has 0 saturated carbocycles. The number of alkyl halides is 2. The van der Waals surface area contributed by atoms with Crippen LogP contribution < -0.4 is 0 Å². The van der Waals surface area contributed by atoms with Gasteiger partial charge in [0.05, 0.1) is 5.56 Å². The molecule has 28 heavy (non-hydrogen) atoms. The molecule has 2 heterocycles. The van der Waals surface area contributed by atoms with Crippen molar-refractivity contribution in [3.05, 3.63) is 65.1 Å². The minimum Gasteiger partial charge on any atom is -0.335 e. The van der Waals surface area contributed by atoms with E-state index in [1.54, 1.807) is 12.1 Å². The van der Waals surface area contributed by atoms with Crippen molar-refractivity contribution in [2.24, 2.45) is 0 Å². The average Bonchev–Trinajstić information content (AvgIpc) is 3.14. The molecule has 0 fully saturated rings. The largest absolute Gasteiger partial charge is 0.335 e. The highest BCUT2D eigenvalue weighted by atomic mass is 19.3. The molecule has 1 atom stereocenters. The van der Waals surface area contributed by atoms with E-state index in [0.717, 1.165) is 25.7 Å². The number of aryl methyl sites for hydroxylation is 1. The van der Waals surface area contributed by atoms with Gasteiger partial charge in [0.2, 0.25) is 5.82 Å². The number of benzene rings is 1. The van der Waals surface area contributed by atoms with E-state index in [0.29, 0.717) is 17.8 Å². The van der Waals surface area contributed by atoms with Crippen molar-refractivity contribution in [3.63, 3.8) is 0 Å². The Kier molecular flexibility index (Phi) is 5.07. The highest BCUT2D eigenvalue weighted by Crippen LogP contribution is 2.26. The van der Waals surface area contributed by atoms with Crippen LogP contribution >= 0.6 is 0 Å². The number of hydrogen-bond donors (Lipinski definition) is 0. The first kappa shape index (κ1) is 18.5. The second-order valence-electron chi connectivity index (χ2n) is 7.17. The molecule has 0 radical (unpaired) electrons. The third kappa shape index (κ3) is 3.37. The molecule has 0 spiro atoms. The molecule has 0 bridgehead atoms. The van der Waals surface area contributed by atoms with Crippen molar-refractivity contribution < 1.29 is 13.6 Å². The molecule has 4 rings (SSSR count). The maximum Gasteiger partial charge on any atom is 0.297 e. The number of carbonyl (C=O) groups excluding carboxylic acids is 1. The molecule has 0 aliphatic heterocycles. The number of halogens is 2. The molecule has 7 heteroatoms. The van der Waals surface area contributed by atoms with Gasteiger partial charge in [-0.3, -0.25) is 9.20 Å². The van der Waals surface area contributed by atoms with Gasteiger partial charge in [-0.25, -0.2) is 8.78 Å². The Balaban J connectivity index is 1.64. The van der Waals surface area contributed by atoms with Crippen molar-refractivity contribution in [1.29, 1.82) is 0 Å². The number of rotatable bonds is 5. The summed E-state index contributed by atoms with van der Waals surface area (Å²) in [5.74, 6) is -0.583. The maximum atomic E-state index is 13.3. The summed E-state index contributed by atoms with van der Waals surface area (Å²) in [4.78, 5) is 15.2. The van der Waals surface area contributed by atoms with Gasteiger partial charge in [-0.05, 0) is 48.9 Å². The molecule has 1 aliphatic carbocycles. The topological polar surface area (TPSA) is 50.5 Å². The Labute approximate surface area is 162 Å². The van der Waals surface area contributed by atoms with Crippen LogP contribution in [0.4, 0.5) is 8.78 Å². The van der Waals surface area contributed by atoms with E-state index in [1.807, 2.05) is 24.0 Å². The van der Waals surface area contributed by atoms with Crippen molar-refractivity contribution in [3.8, 4) is 0 Å². The molecule has 146 valence electrons. The summed E-state index contributed by atoms with van der Waals surface area (Å²) >= 11 is 0. The van der Waals surface area contributed by atoms with Gasteiger partial charge in [0.25, 0.3) is 12.3 Å². The van der Waals surface area contributed by atoms with Crippen molar-refractivity contribution in [2.75, 3.05) is 6.54 Å². The van der Waals surface area contributed by atoms with Crippen LogP contribution in [0.15, 0.2) is 42.6 Å². The van der Waals surface area contributed by atoms with Crippen LogP contribution in [0.25, 0.3) is 5.65 Å². The summed E-state index contributed by atoms with van der Waals surface area (Å²) in [5.41, 5.74) is 3.30. The number of fused-ring (bicyclic) bond motifs is 2. The highest BCUT2D eigenvalue weighted by molar-refractivity contribution is 5.94. The van der Waals surface area contributed by atoms with Crippen LogP contribution in [0.3, 0.4) is 0 Å². The lowest BCUT2D eigenvalue weighted by Gasteiger charge is -2.35. The van der Waals surface area contributed by atoms with Crippen molar-refractivity contribution >= 4 is 11.6 Å². The summed E-state index contributed by atoms with van der Waals surface area (Å²) < 4.78 is 27.5. The van der Waals surface area contributed by atoms with Crippen LogP contribution in [0.1, 0.15) is 53.5 Å². The monoisotopic (exact) mass is 384 g/mol. The lowest BCUT2D eigenvalue weighted by atomic mass is 9.87. The maximum absolute atomic E-state index is 13.3. The molecule has 1 amide bonds. The number of amides is 1. The van der Waals surface area contributed by atoms with E-state index >= 15 is 0 Å². The predicted octanol–water partition coefficient (Wildman–Crippen LogP) is 4.08. The second kappa shape index (κ2) is 7.66. The first-order chi connectivity index (χ1) is 13.6. The van der Waals surface area contributed by atoms with E-state index in [-0.39, 0.29) is 11.9 Å². The van der Waals surface area contributed by atoms with Crippen molar-refractivity contribution in [1.82, 2.24) is 19.5 Å². The van der Waals surface area contributed by atoms with E-state index in [1.165, 1.54) is 21.7 Å². The first-order valence-corrected chi connectivity index (χ1v) is 9.59. The molecule has 0 unspecified atom stereocenters. The standard InChI is InChI=1S/C21H22F2N4O/c1-2-11-26(17-9-7-14-5-3-4-6-15(14)12-17)21(28)16-8-10-18-24-25-20(19(22)23)27(18)13-16/h3-6,8,10,13,17,19H,2,7,9,11-12H2,1H3/t17-/m1/s1. The van der Waals surface area contributed by atoms with Gasteiger partial charge < -0.3 is 4.90 Å². The molecule has 1 aromatic carbocycles. The molecule has 5 nitrogen and oxygen atoms in total. The average molecular weight is 384 g/mol. The molecule has 0 saturated heterocycles. The Hall–Kier alpha value is -2.83. The lowest BCUT2D eigenvalue weighted by Crippen LogP contribution is -2.44. The van der Waals surface area contributed by atoms with Gasteiger partial charge in [-0.15, -0.1) is 10.2 Å². The zero-order chi connectivity index (χ0) is 19.7. The molecule has 2 aromatic heterocycles. The minimum absolute atomic E-state index is 0.105. The molecule has 3 aromatic rings. The number of pyridine rings is 1. The smallest absolute Gasteiger partial charge is 0.297 e. The second-order valence-corrected chi connectivity index (χ2v) is 7.17. The molecular formula is C21H22F2N4O. The SMILES string of the molecule is CCCN(C(=O)c1ccc2nnc(C(F)F)n2c1)[C@@H]1CCc2ccccc2C1. The summed E-state index contributed by atoms with van der Waals surface area (Å²) in [7, 11) is 0. The number of aromatic nitrogens is 3. The molecule has 1 aliphatic rings. The van der Waals surface area contributed by atoms with Gasteiger partial charge in [-0.2, -0.15) is 0 Å². The zero-order valence-electron chi connectivity index (χ0n) is 15.7.